The van der Waals surface area contributed by atoms with Crippen LogP contribution in [0.4, 0.5) is 0 Å². The van der Waals surface area contributed by atoms with E-state index in [1.54, 1.807) is 0 Å². The molecule has 0 saturated carbocycles. The van der Waals surface area contributed by atoms with Gasteiger partial charge in [0, 0.05) is 19.5 Å². The van der Waals surface area contributed by atoms with Gasteiger partial charge in [0.15, 0.2) is 0 Å². The summed E-state index contributed by atoms with van der Waals surface area (Å²) in [6, 6.07) is 0. The van der Waals surface area contributed by atoms with Gasteiger partial charge in [-0.1, -0.05) is 6.92 Å². The second-order valence-electron chi connectivity index (χ2n) is 4.94. The zero-order chi connectivity index (χ0) is 12.4. The molecule has 0 aromatic heterocycles. The van der Waals surface area contributed by atoms with Gasteiger partial charge in [0.25, 0.3) is 5.91 Å². The molecule has 2 aliphatic rings. The van der Waals surface area contributed by atoms with Gasteiger partial charge in [0.05, 0.1) is 6.10 Å². The third-order valence-electron chi connectivity index (χ3n) is 3.37. The van der Waals surface area contributed by atoms with E-state index in [0.29, 0.717) is 25.3 Å². The molecule has 0 aliphatic carbocycles. The van der Waals surface area contributed by atoms with E-state index in [2.05, 4.69) is 12.3 Å². The van der Waals surface area contributed by atoms with Crippen molar-refractivity contribution in [2.75, 3.05) is 13.1 Å². The summed E-state index contributed by atoms with van der Waals surface area (Å²) in [7, 11) is 0. The van der Waals surface area contributed by atoms with E-state index in [9.17, 15) is 9.59 Å². The van der Waals surface area contributed by atoms with Crippen molar-refractivity contribution in [3.8, 4) is 0 Å². The van der Waals surface area contributed by atoms with E-state index in [1.165, 1.54) is 0 Å². The van der Waals surface area contributed by atoms with Crippen molar-refractivity contribution in [2.24, 2.45) is 11.8 Å². The average molecular weight is 241 g/mol. The Morgan fingerprint density at radius 2 is 2.35 bits per heavy atom. The molecule has 6 nitrogen and oxygen atoms in total. The summed E-state index contributed by atoms with van der Waals surface area (Å²) >= 11 is 0. The third kappa shape index (κ3) is 2.76. The molecular weight excluding hydrogens is 222 g/mol. The molecule has 6 heteroatoms. The Labute approximate surface area is 100 Å². The largest absolute Gasteiger partial charge is 0.363 e. The highest BCUT2D eigenvalue weighted by Gasteiger charge is 2.34. The fraction of sp³-hybridized carbons (Fsp3) is 0.818. The highest BCUT2D eigenvalue weighted by Crippen LogP contribution is 2.24. The summed E-state index contributed by atoms with van der Waals surface area (Å²) in [5.74, 6) is 5.38. The van der Waals surface area contributed by atoms with Crippen molar-refractivity contribution in [2.45, 2.75) is 38.4 Å². The van der Waals surface area contributed by atoms with Crippen LogP contribution in [0.5, 0.6) is 0 Å². The van der Waals surface area contributed by atoms with Crippen LogP contribution in [0, 0.1) is 5.92 Å². The first kappa shape index (κ1) is 12.3. The fourth-order valence-electron chi connectivity index (χ4n) is 2.52. The maximum atomic E-state index is 11.6. The van der Waals surface area contributed by atoms with Crippen LogP contribution in [0.2, 0.25) is 0 Å². The van der Waals surface area contributed by atoms with Gasteiger partial charge in [-0.15, -0.1) is 0 Å². The van der Waals surface area contributed by atoms with Crippen molar-refractivity contribution < 1.29 is 14.3 Å². The van der Waals surface area contributed by atoms with Crippen molar-refractivity contribution >= 4 is 11.8 Å². The fourth-order valence-corrected chi connectivity index (χ4v) is 2.52. The molecule has 2 fully saturated rings. The maximum absolute atomic E-state index is 11.6. The normalized spacial score (nSPS) is 33.2. The first-order valence-electron chi connectivity index (χ1n) is 6.04. The van der Waals surface area contributed by atoms with Crippen molar-refractivity contribution in [1.29, 1.82) is 0 Å². The van der Waals surface area contributed by atoms with Gasteiger partial charge in [-0.2, -0.15) is 0 Å². The number of ether oxygens (including phenoxy) is 1. The average Bonchev–Trinajstić information content (AvgIpc) is 2.86. The lowest BCUT2D eigenvalue weighted by molar-refractivity contribution is -0.134. The van der Waals surface area contributed by atoms with Gasteiger partial charge in [0.1, 0.15) is 6.10 Å². The van der Waals surface area contributed by atoms with Crippen LogP contribution in [0.3, 0.4) is 0 Å². The Morgan fingerprint density at radius 3 is 2.94 bits per heavy atom. The van der Waals surface area contributed by atoms with Crippen molar-refractivity contribution in [3.63, 3.8) is 0 Å². The zero-order valence-electron chi connectivity index (χ0n) is 10.0. The van der Waals surface area contributed by atoms with E-state index in [-0.39, 0.29) is 17.9 Å². The molecule has 0 aromatic carbocycles. The summed E-state index contributed by atoms with van der Waals surface area (Å²) in [6.45, 7) is 3.46. The van der Waals surface area contributed by atoms with E-state index < -0.39 is 6.10 Å². The summed E-state index contributed by atoms with van der Waals surface area (Å²) in [4.78, 5) is 24.7. The Kier molecular flexibility index (Phi) is 3.63. The SMILES string of the molecule is CC1CC(=O)N(CC2CCC(C(=O)NN)O2)C1. The Balaban J connectivity index is 1.82. The molecule has 0 bridgehead atoms. The lowest BCUT2D eigenvalue weighted by Crippen LogP contribution is -2.40. The van der Waals surface area contributed by atoms with E-state index in [0.717, 1.165) is 13.0 Å². The second-order valence-corrected chi connectivity index (χ2v) is 4.94. The number of amides is 2. The lowest BCUT2D eigenvalue weighted by atomic mass is 10.1. The number of nitrogens with one attached hydrogen (secondary N) is 1. The minimum absolute atomic E-state index is 0.0356. The first-order valence-corrected chi connectivity index (χ1v) is 6.04. The molecule has 0 aromatic rings. The number of hydrogen-bond acceptors (Lipinski definition) is 4. The summed E-state index contributed by atoms with van der Waals surface area (Å²) in [5.41, 5.74) is 2.09. The molecule has 17 heavy (non-hydrogen) atoms. The Hall–Kier alpha value is -1.14. The summed E-state index contributed by atoms with van der Waals surface area (Å²) in [5, 5.41) is 0. The zero-order valence-corrected chi connectivity index (χ0v) is 10.0. The van der Waals surface area contributed by atoms with Gasteiger partial charge in [-0.05, 0) is 18.8 Å². The monoisotopic (exact) mass is 241 g/mol. The van der Waals surface area contributed by atoms with Crippen LogP contribution in [-0.2, 0) is 14.3 Å². The predicted octanol–water partition coefficient (Wildman–Crippen LogP) is -0.608. The molecule has 96 valence electrons. The van der Waals surface area contributed by atoms with Gasteiger partial charge in [-0.3, -0.25) is 15.0 Å². The molecule has 2 saturated heterocycles. The molecule has 3 atom stereocenters. The van der Waals surface area contributed by atoms with Crippen molar-refractivity contribution in [3.05, 3.63) is 0 Å². The molecule has 2 heterocycles. The second kappa shape index (κ2) is 5.01. The van der Waals surface area contributed by atoms with E-state index in [4.69, 9.17) is 10.6 Å². The number of carbonyl (C=O) groups is 2. The Morgan fingerprint density at radius 1 is 1.59 bits per heavy atom. The van der Waals surface area contributed by atoms with Crippen LogP contribution in [0.15, 0.2) is 0 Å². The lowest BCUT2D eigenvalue weighted by Gasteiger charge is -2.20. The standard InChI is InChI=1S/C11H19N3O3/c1-7-4-10(15)14(5-7)6-8-2-3-9(17-8)11(16)13-12/h7-9H,2-6,12H2,1H3,(H,13,16). The Bertz CT molecular complexity index is 321. The van der Waals surface area contributed by atoms with Gasteiger partial charge >= 0.3 is 0 Å². The van der Waals surface area contributed by atoms with Crippen LogP contribution < -0.4 is 11.3 Å². The molecule has 2 rings (SSSR count). The first-order chi connectivity index (χ1) is 8.10. The number of rotatable bonds is 3. The van der Waals surface area contributed by atoms with Gasteiger partial charge < -0.3 is 9.64 Å². The smallest absolute Gasteiger partial charge is 0.263 e. The van der Waals surface area contributed by atoms with Crippen LogP contribution in [0.25, 0.3) is 0 Å². The van der Waals surface area contributed by atoms with Crippen molar-refractivity contribution in [1.82, 2.24) is 10.3 Å². The highest BCUT2D eigenvalue weighted by atomic mass is 16.5. The van der Waals surface area contributed by atoms with E-state index >= 15 is 0 Å². The third-order valence-corrected chi connectivity index (χ3v) is 3.37. The van der Waals surface area contributed by atoms with E-state index in [1.807, 2.05) is 4.90 Å². The minimum atomic E-state index is -0.458. The minimum Gasteiger partial charge on any atom is -0.363 e. The summed E-state index contributed by atoms with van der Waals surface area (Å²) < 4.78 is 5.57. The molecule has 0 radical (unpaired) electrons. The van der Waals surface area contributed by atoms with Crippen LogP contribution >= 0.6 is 0 Å². The molecular formula is C11H19N3O3. The number of hydrogen-bond donors (Lipinski definition) is 2. The molecule has 2 aliphatic heterocycles. The number of nitrogens with two attached hydrogens (primary N) is 1. The maximum Gasteiger partial charge on any atom is 0.263 e. The number of likely N-dealkylation sites (tertiary alicyclic amines) is 1. The van der Waals surface area contributed by atoms with Crippen LogP contribution in [-0.4, -0.2) is 42.0 Å². The van der Waals surface area contributed by atoms with Gasteiger partial charge in [-0.25, -0.2) is 5.84 Å². The molecule has 3 unspecified atom stereocenters. The molecule has 3 N–H and O–H groups in total. The summed E-state index contributed by atoms with van der Waals surface area (Å²) in [6.07, 6.45) is 1.60. The molecule has 0 spiro atoms. The van der Waals surface area contributed by atoms with Crippen LogP contribution in [0.1, 0.15) is 26.2 Å². The topological polar surface area (TPSA) is 84.7 Å². The number of hydrazine groups is 1. The number of nitrogens with zero attached hydrogens (tertiary/aromatic N) is 1. The predicted molar refractivity (Wildman–Crippen MR) is 60.6 cm³/mol. The molecule has 2 amide bonds. The quantitative estimate of drug-likeness (QED) is 0.392. The highest BCUT2D eigenvalue weighted by molar-refractivity contribution is 5.80. The number of carbonyl (C=O) groups excluding carboxylic acids is 2. The van der Waals surface area contributed by atoms with Gasteiger partial charge in [0.2, 0.25) is 5.91 Å².